The van der Waals surface area contributed by atoms with E-state index in [1.807, 2.05) is 6.07 Å². The van der Waals surface area contributed by atoms with Crippen LogP contribution in [0.1, 0.15) is 29.5 Å². The number of pyridine rings is 1. The van der Waals surface area contributed by atoms with Gasteiger partial charge < -0.3 is 14.6 Å². The normalized spacial score (nSPS) is 13.2. The summed E-state index contributed by atoms with van der Waals surface area (Å²) in [5.41, 5.74) is -1.72. The molecule has 84 heavy (non-hydrogen) atoms. The molecule has 0 aliphatic carbocycles. The number of nitrogens with zero attached hydrogens (tertiary/aromatic N) is 10. The van der Waals surface area contributed by atoms with Crippen molar-refractivity contribution in [3.63, 3.8) is 0 Å². The fourth-order valence-corrected chi connectivity index (χ4v) is 14.1. The number of aromatic hydroxyl groups is 1. The Labute approximate surface area is 487 Å². The molecule has 0 fully saturated rings. The van der Waals surface area contributed by atoms with E-state index >= 15 is 0 Å². The van der Waals surface area contributed by atoms with E-state index in [9.17, 15) is 88.2 Å². The molecule has 7 N–H and O–H groups in total. The highest BCUT2D eigenvalue weighted by Gasteiger charge is 2.29. The number of hydrogen-bond donors (Lipinski definition) is 7. The van der Waals surface area contributed by atoms with Crippen molar-refractivity contribution >= 4 is 167 Å². The van der Waals surface area contributed by atoms with Crippen LogP contribution in [-0.2, 0) is 60.7 Å². The molecule has 3 aromatic heterocycles. The van der Waals surface area contributed by atoms with Crippen LogP contribution in [0.5, 0.6) is 17.4 Å². The predicted molar refractivity (Wildman–Crippen MR) is 300 cm³/mol. The number of nitriles is 1. The number of benzene rings is 5. The molecule has 0 aliphatic heterocycles. The van der Waals surface area contributed by atoms with E-state index in [0.29, 0.717) is 29.0 Å². The van der Waals surface area contributed by atoms with Crippen LogP contribution in [0.4, 0.5) is 33.6 Å². The van der Waals surface area contributed by atoms with E-state index in [1.54, 1.807) is 0 Å². The maximum Gasteiger partial charge on any atom is 0.296 e. The lowest BCUT2D eigenvalue weighted by atomic mass is 10.1. The Bertz CT molecular complexity index is 4970. The highest BCUT2D eigenvalue weighted by atomic mass is 35.5. The third-order valence-corrected chi connectivity index (χ3v) is 19.1. The van der Waals surface area contributed by atoms with Gasteiger partial charge in [0.05, 0.1) is 51.5 Å². The topological polar surface area (TPSA) is 493 Å². The maximum absolute atomic E-state index is 12.6. The summed E-state index contributed by atoms with van der Waals surface area (Å²) in [4.78, 5) is 4.65. The molecule has 8 rings (SSSR count). The van der Waals surface area contributed by atoms with E-state index in [2.05, 4.69) is 40.7 Å². The average molecular weight is 1330 g/mol. The number of fused-ring (bicyclic) bond motifs is 6. The molecule has 0 amide bonds. The predicted octanol–water partition coefficient (Wildman–Crippen LogP) is 9.37. The van der Waals surface area contributed by atoms with Gasteiger partial charge in [-0.05, 0) is 80.5 Å². The Morgan fingerprint density at radius 2 is 1.27 bits per heavy atom. The number of imidazole rings is 1. The van der Waals surface area contributed by atoms with Crippen LogP contribution in [0.3, 0.4) is 0 Å². The van der Waals surface area contributed by atoms with Gasteiger partial charge in [-0.25, -0.2) is 9.97 Å². The van der Waals surface area contributed by atoms with Crippen molar-refractivity contribution in [2.45, 2.75) is 51.2 Å². The second-order valence-corrected chi connectivity index (χ2v) is 28.8. The number of hydrogen-bond acceptors (Lipinski definition) is 26. The van der Waals surface area contributed by atoms with Crippen LogP contribution < -0.4 is 9.47 Å². The fraction of sp³-hybridized carbons (Fsp3) is 0.205. The molecule has 0 aliphatic rings. The lowest BCUT2D eigenvalue weighted by Gasteiger charge is -2.12. The highest BCUT2D eigenvalue weighted by molar-refractivity contribution is 7.99. The molecule has 3 heterocycles. The van der Waals surface area contributed by atoms with Crippen LogP contribution in [0.2, 0.25) is 5.02 Å². The first kappa shape index (κ1) is 63.0. The van der Waals surface area contributed by atoms with E-state index in [-0.39, 0.29) is 113 Å². The Kier molecular flexibility index (Phi) is 17.6. The molecule has 0 saturated heterocycles. The van der Waals surface area contributed by atoms with E-state index in [4.69, 9.17) is 21.1 Å². The molecular weight excluding hydrogens is 1300 g/mol. The number of thiazole rings is 1. The zero-order valence-electron chi connectivity index (χ0n) is 42.4. The van der Waals surface area contributed by atoms with Crippen molar-refractivity contribution in [3.05, 3.63) is 76.3 Å². The van der Waals surface area contributed by atoms with Gasteiger partial charge in [-0.2, -0.15) is 60.9 Å². The van der Waals surface area contributed by atoms with Gasteiger partial charge in [-0.15, -0.1) is 37.3 Å². The standard InChI is InChI=1S/C44H37ClN10O21S8/c1-20-10-28(50-53-38-21(2)26(19-46)42-47-31-11-22(45)12-37(84(72,73)74)40(31)55(42)43(38)56)33(76-6-4-8-79(57,58)59)16-27(20)49-52-30-17-32(75-3)29(18-34(30)77-7-5-9-80(60,61)62)51-54-44-48-39-36(83(69,70)71)15-24-25(41(39)78-44)13-23(81(63,64)65)14-35(24)82(66,67)68/h10-18,56H,4-9H2,1-3H3,(H,57,58,59)(H,60,61,62)(H,63,64,65)(H,66,67,68)(H,69,70,71)(H,72,73,74). The largest absolute Gasteiger partial charge is 0.494 e. The molecular formula is C44H37ClN10O21S8. The Morgan fingerprint density at radius 1 is 0.667 bits per heavy atom. The molecule has 31 nitrogen and oxygen atoms in total. The first-order valence-electron chi connectivity index (χ1n) is 22.8. The number of methoxy groups -OCH3 is 1. The molecule has 8 aromatic rings. The molecule has 40 heteroatoms. The monoisotopic (exact) mass is 1330 g/mol. The minimum Gasteiger partial charge on any atom is -0.494 e. The van der Waals surface area contributed by atoms with E-state index < -0.39 is 114 Å². The Hall–Kier alpha value is -7.01. The van der Waals surface area contributed by atoms with Gasteiger partial charge in [0.2, 0.25) is 11.0 Å². The van der Waals surface area contributed by atoms with Crippen LogP contribution in [0.25, 0.3) is 37.7 Å². The summed E-state index contributed by atoms with van der Waals surface area (Å²) in [5, 5.41) is 45.8. The summed E-state index contributed by atoms with van der Waals surface area (Å²) < 4.78 is 217. The summed E-state index contributed by atoms with van der Waals surface area (Å²) in [5.74, 6) is -2.38. The van der Waals surface area contributed by atoms with Crippen molar-refractivity contribution in [3.8, 4) is 23.4 Å². The van der Waals surface area contributed by atoms with Gasteiger partial charge in [0.25, 0.3) is 60.7 Å². The van der Waals surface area contributed by atoms with Crippen molar-refractivity contribution in [1.82, 2.24) is 14.4 Å². The molecule has 0 spiro atoms. The first-order chi connectivity index (χ1) is 39.0. The second-order valence-electron chi connectivity index (χ2n) is 17.5. The van der Waals surface area contributed by atoms with Gasteiger partial charge in [-0.1, -0.05) is 22.9 Å². The number of rotatable bonds is 21. The van der Waals surface area contributed by atoms with Crippen LogP contribution >= 0.6 is 34.7 Å². The van der Waals surface area contributed by atoms with E-state index in [1.165, 1.54) is 51.3 Å². The summed E-state index contributed by atoms with van der Waals surface area (Å²) in [6.45, 7) is 2.55. The third kappa shape index (κ3) is 13.9. The van der Waals surface area contributed by atoms with Crippen molar-refractivity contribution in [2.24, 2.45) is 30.7 Å². The lowest BCUT2D eigenvalue weighted by molar-refractivity contribution is 0.317. The number of aromatic nitrogens is 3. The summed E-state index contributed by atoms with van der Waals surface area (Å²) in [6, 6.07) is 11.1. The molecule has 5 aromatic carbocycles. The van der Waals surface area contributed by atoms with Crippen LogP contribution in [0.15, 0.2) is 110 Å². The molecule has 0 bridgehead atoms. The van der Waals surface area contributed by atoms with Crippen LogP contribution in [0, 0.1) is 25.2 Å². The SMILES string of the molecule is COc1cc(N=Nc2cc(OCCCS(=O)(=O)O)c(N=Nc3c(C)c(C#N)c4nc5cc(Cl)cc(S(=O)(=O)O)c5n4c3O)cc2C)c(SCCCS(=O)(=O)O)cc1N=Nc1nc2c(S(=O)(=O)O)cc3c(S(=O)(=O)O)cc(S(=O)(=O)O)cc3c2s1. The number of aryl methyl sites for hydroxylation is 1. The third-order valence-electron chi connectivity index (χ3n) is 11.7. The first-order valence-corrected chi connectivity index (χ1v) is 34.0. The van der Waals surface area contributed by atoms with Crippen molar-refractivity contribution in [1.29, 1.82) is 5.26 Å². The van der Waals surface area contributed by atoms with Crippen molar-refractivity contribution in [2.75, 3.05) is 31.0 Å². The fourth-order valence-electron chi connectivity index (χ4n) is 8.01. The van der Waals surface area contributed by atoms with Crippen LogP contribution in [-0.4, -0.2) is 128 Å². The van der Waals surface area contributed by atoms with Gasteiger partial charge in [0, 0.05) is 38.4 Å². The van der Waals surface area contributed by atoms with E-state index in [0.717, 1.165) is 28.3 Å². The minimum atomic E-state index is -5.33. The zero-order chi connectivity index (χ0) is 61.8. The maximum atomic E-state index is 12.6. The number of ether oxygens (including phenoxy) is 2. The lowest BCUT2D eigenvalue weighted by Crippen LogP contribution is -2.08. The van der Waals surface area contributed by atoms with Gasteiger partial charge in [0.1, 0.15) is 60.4 Å². The Balaban J connectivity index is 1.22. The smallest absolute Gasteiger partial charge is 0.296 e. The number of azo groups is 3. The molecule has 0 saturated carbocycles. The quantitative estimate of drug-likeness (QED) is 0.0152. The minimum absolute atomic E-state index is 0.00597. The molecule has 0 atom stereocenters. The summed E-state index contributed by atoms with van der Waals surface area (Å²) in [7, 11) is -28.4. The Morgan fingerprint density at radius 3 is 1.89 bits per heavy atom. The van der Waals surface area contributed by atoms with Gasteiger partial charge in [-0.3, -0.25) is 31.7 Å². The summed E-state index contributed by atoms with van der Waals surface area (Å²) >= 11 is 7.60. The van der Waals surface area contributed by atoms with Crippen molar-refractivity contribution < 1.29 is 92.4 Å². The molecule has 0 unspecified atom stereocenters. The van der Waals surface area contributed by atoms with Gasteiger partial charge in [0.15, 0.2) is 11.3 Å². The zero-order valence-corrected chi connectivity index (χ0v) is 49.7. The number of thioether (sulfide) groups is 1. The summed E-state index contributed by atoms with van der Waals surface area (Å²) in [6.07, 6.45) is -0.359. The second kappa shape index (κ2) is 23.5. The average Bonchev–Trinajstić information content (AvgIpc) is 1.99. The molecule has 0 radical (unpaired) electrons. The highest BCUT2D eigenvalue weighted by Crippen LogP contribution is 2.46. The molecule has 444 valence electrons. The van der Waals surface area contributed by atoms with Gasteiger partial charge >= 0.3 is 0 Å². The number of halogens is 1.